The minimum Gasteiger partial charge on any atom is -0.297 e. The number of Topliss-reactive ketones (excluding diaryl/α,β-unsaturated/α-hetero) is 1. The van der Waals surface area contributed by atoms with E-state index in [-0.39, 0.29) is 5.54 Å². The summed E-state index contributed by atoms with van der Waals surface area (Å²) in [6.45, 7) is 2.25. The van der Waals surface area contributed by atoms with Crippen LogP contribution in [0.5, 0.6) is 0 Å². The van der Waals surface area contributed by atoms with Gasteiger partial charge in [-0.15, -0.1) is 0 Å². The van der Waals surface area contributed by atoms with Crippen LogP contribution in [0.15, 0.2) is 22.7 Å². The van der Waals surface area contributed by atoms with E-state index in [2.05, 4.69) is 27.8 Å². The van der Waals surface area contributed by atoms with Crippen molar-refractivity contribution in [1.82, 2.24) is 4.90 Å². The Labute approximate surface area is 141 Å². The number of carbonyl (C=O) groups is 1. The Kier molecular flexibility index (Phi) is 5.50. The molecule has 0 bridgehead atoms. The minimum absolute atomic E-state index is 0.295. The van der Waals surface area contributed by atoms with E-state index in [9.17, 15) is 4.79 Å². The van der Waals surface area contributed by atoms with Crippen molar-refractivity contribution in [2.75, 3.05) is 14.1 Å². The zero-order valence-electron chi connectivity index (χ0n) is 13.0. The normalized spacial score (nSPS) is 26.1. The molecule has 0 radical (unpaired) electrons. The first-order valence-electron chi connectivity index (χ1n) is 7.50. The molecule has 1 aromatic rings. The van der Waals surface area contributed by atoms with Crippen LogP contribution in [-0.2, 0) is 11.2 Å². The topological polar surface area (TPSA) is 20.3 Å². The maximum Gasteiger partial charge on any atom is 0.157 e. The van der Waals surface area contributed by atoms with Crippen LogP contribution in [0.2, 0.25) is 5.02 Å². The second-order valence-electron chi connectivity index (χ2n) is 6.46. The second-order valence-corrected chi connectivity index (χ2v) is 7.79. The van der Waals surface area contributed by atoms with Gasteiger partial charge in [0.1, 0.15) is 0 Å². The van der Waals surface area contributed by atoms with Crippen LogP contribution in [0.1, 0.15) is 38.2 Å². The number of hydrogen-bond donors (Lipinski definition) is 0. The summed E-state index contributed by atoms with van der Waals surface area (Å²) in [5.41, 5.74) is 0.595. The molecule has 0 heterocycles. The van der Waals surface area contributed by atoms with Crippen LogP contribution < -0.4 is 0 Å². The molecule has 2 nitrogen and oxygen atoms in total. The van der Waals surface area contributed by atoms with Crippen LogP contribution in [0.25, 0.3) is 0 Å². The largest absolute Gasteiger partial charge is 0.297 e. The molecule has 1 aliphatic rings. The number of likely N-dealkylation sites (N-methyl/N-ethyl adjacent to an activating group) is 1. The van der Waals surface area contributed by atoms with E-state index < -0.39 is 0 Å². The number of hydrogen-bond acceptors (Lipinski definition) is 2. The molecular weight excluding hydrogens is 350 g/mol. The van der Waals surface area contributed by atoms with E-state index in [0.717, 1.165) is 29.3 Å². The van der Waals surface area contributed by atoms with Gasteiger partial charge in [0.15, 0.2) is 5.78 Å². The summed E-state index contributed by atoms with van der Waals surface area (Å²) in [5.74, 6) is 0.897. The van der Waals surface area contributed by atoms with E-state index in [0.29, 0.717) is 23.1 Å². The summed E-state index contributed by atoms with van der Waals surface area (Å²) in [4.78, 5) is 15.1. The number of carbonyl (C=O) groups excluding carboxylic acids is 1. The summed E-state index contributed by atoms with van der Waals surface area (Å²) >= 11 is 9.67. The fourth-order valence-electron chi connectivity index (χ4n) is 3.43. The number of benzene rings is 1. The van der Waals surface area contributed by atoms with E-state index in [1.807, 2.05) is 32.3 Å². The molecule has 1 aromatic carbocycles. The van der Waals surface area contributed by atoms with Crippen LogP contribution in [0, 0.1) is 5.92 Å². The lowest BCUT2D eigenvalue weighted by Gasteiger charge is -2.44. The van der Waals surface area contributed by atoms with Gasteiger partial charge in [-0.1, -0.05) is 53.4 Å². The molecule has 0 aliphatic heterocycles. The summed E-state index contributed by atoms with van der Waals surface area (Å²) in [5, 5.41) is 0.662. The Morgan fingerprint density at radius 3 is 2.76 bits per heavy atom. The highest BCUT2D eigenvalue weighted by Gasteiger charge is 2.43. The van der Waals surface area contributed by atoms with E-state index in [4.69, 9.17) is 11.6 Å². The molecule has 2 atom stereocenters. The number of ketones is 1. The second kappa shape index (κ2) is 6.80. The highest BCUT2D eigenvalue weighted by molar-refractivity contribution is 9.10. The van der Waals surface area contributed by atoms with Gasteiger partial charge in [-0.25, -0.2) is 0 Å². The van der Waals surface area contributed by atoms with Gasteiger partial charge in [0, 0.05) is 15.9 Å². The fourth-order valence-corrected chi connectivity index (χ4v) is 4.18. The predicted molar refractivity (Wildman–Crippen MR) is 91.9 cm³/mol. The van der Waals surface area contributed by atoms with Gasteiger partial charge < -0.3 is 0 Å². The molecule has 116 valence electrons. The lowest BCUT2D eigenvalue weighted by atomic mass is 9.72. The first kappa shape index (κ1) is 17.0. The van der Waals surface area contributed by atoms with Crippen LogP contribution in [0.3, 0.4) is 0 Å². The van der Waals surface area contributed by atoms with Crippen molar-refractivity contribution in [2.45, 2.75) is 44.6 Å². The van der Waals surface area contributed by atoms with Crippen molar-refractivity contribution in [1.29, 1.82) is 0 Å². The van der Waals surface area contributed by atoms with Crippen molar-refractivity contribution in [3.05, 3.63) is 33.3 Å². The molecule has 0 N–H and O–H groups in total. The number of nitrogens with zero attached hydrogens (tertiary/aromatic N) is 1. The number of rotatable bonds is 4. The highest BCUT2D eigenvalue weighted by Crippen LogP contribution is 2.37. The molecule has 0 saturated heterocycles. The lowest BCUT2D eigenvalue weighted by Crippen LogP contribution is -2.54. The van der Waals surface area contributed by atoms with E-state index in [1.165, 1.54) is 6.42 Å². The molecule has 1 saturated carbocycles. The molecule has 0 spiro atoms. The monoisotopic (exact) mass is 371 g/mol. The van der Waals surface area contributed by atoms with Crippen molar-refractivity contribution in [2.24, 2.45) is 5.92 Å². The predicted octanol–water partition coefficient (Wildman–Crippen LogP) is 4.72. The third kappa shape index (κ3) is 3.69. The molecular formula is C17H23BrClNO. The lowest BCUT2D eigenvalue weighted by molar-refractivity contribution is -0.132. The van der Waals surface area contributed by atoms with Gasteiger partial charge in [0.25, 0.3) is 0 Å². The van der Waals surface area contributed by atoms with Crippen LogP contribution in [-0.4, -0.2) is 30.3 Å². The Morgan fingerprint density at radius 1 is 1.48 bits per heavy atom. The van der Waals surface area contributed by atoms with Gasteiger partial charge in [0.05, 0.1) is 5.54 Å². The maximum atomic E-state index is 13.0. The fraction of sp³-hybridized carbons (Fsp3) is 0.588. The Morgan fingerprint density at radius 2 is 2.19 bits per heavy atom. The van der Waals surface area contributed by atoms with Crippen LogP contribution in [0.4, 0.5) is 0 Å². The molecule has 1 fully saturated rings. The summed E-state index contributed by atoms with van der Waals surface area (Å²) < 4.78 is 0.942. The first-order chi connectivity index (χ1) is 9.85. The van der Waals surface area contributed by atoms with E-state index >= 15 is 0 Å². The van der Waals surface area contributed by atoms with Gasteiger partial charge in [-0.05, 0) is 50.6 Å². The van der Waals surface area contributed by atoms with Crippen molar-refractivity contribution in [3.8, 4) is 0 Å². The smallest absolute Gasteiger partial charge is 0.157 e. The van der Waals surface area contributed by atoms with Crippen molar-refractivity contribution < 1.29 is 4.79 Å². The SMILES string of the molecule is CC1CCCC(C(=O)Cc2ccc(Br)cc2Cl)(N(C)C)C1. The average Bonchev–Trinajstić information content (AvgIpc) is 2.41. The van der Waals surface area contributed by atoms with Gasteiger partial charge in [0.2, 0.25) is 0 Å². The molecule has 2 unspecified atom stereocenters. The van der Waals surface area contributed by atoms with Gasteiger partial charge in [-0.2, -0.15) is 0 Å². The zero-order valence-corrected chi connectivity index (χ0v) is 15.3. The zero-order chi connectivity index (χ0) is 15.6. The standard InChI is InChI=1S/C17H23BrClNO/c1-12-5-4-8-17(11-12,20(2)3)16(21)9-13-6-7-14(18)10-15(13)19/h6-7,10,12H,4-5,8-9,11H2,1-3H3. The van der Waals surface area contributed by atoms with Crippen LogP contribution >= 0.6 is 27.5 Å². The molecule has 0 amide bonds. The highest BCUT2D eigenvalue weighted by atomic mass is 79.9. The first-order valence-corrected chi connectivity index (χ1v) is 8.67. The van der Waals surface area contributed by atoms with Gasteiger partial charge in [-0.3, -0.25) is 9.69 Å². The third-order valence-corrected chi connectivity index (χ3v) is 5.56. The molecule has 21 heavy (non-hydrogen) atoms. The number of halogens is 2. The average molecular weight is 373 g/mol. The molecule has 1 aliphatic carbocycles. The Balaban J connectivity index is 2.23. The molecule has 4 heteroatoms. The summed E-state index contributed by atoms with van der Waals surface area (Å²) in [6.07, 6.45) is 4.67. The third-order valence-electron chi connectivity index (χ3n) is 4.71. The Bertz CT molecular complexity index is 532. The minimum atomic E-state index is -0.325. The van der Waals surface area contributed by atoms with Crippen molar-refractivity contribution >= 4 is 33.3 Å². The Hall–Kier alpha value is -0.380. The van der Waals surface area contributed by atoms with Gasteiger partial charge >= 0.3 is 0 Å². The maximum absolute atomic E-state index is 13.0. The quantitative estimate of drug-likeness (QED) is 0.762. The molecule has 2 rings (SSSR count). The summed E-state index contributed by atoms with van der Waals surface area (Å²) in [6, 6.07) is 5.75. The van der Waals surface area contributed by atoms with E-state index in [1.54, 1.807) is 0 Å². The summed E-state index contributed by atoms with van der Waals surface area (Å²) in [7, 11) is 4.05. The molecule has 0 aromatic heterocycles. The van der Waals surface area contributed by atoms with Crippen molar-refractivity contribution in [3.63, 3.8) is 0 Å².